The van der Waals surface area contributed by atoms with Crippen molar-refractivity contribution in [3.05, 3.63) is 27.1 Å². The highest BCUT2D eigenvalue weighted by molar-refractivity contribution is 9.10. The average Bonchev–Trinajstić information content (AvgIpc) is 2.85. The second-order valence-electron chi connectivity index (χ2n) is 6.14. The number of aryl methyl sites for hydroxylation is 1. The Morgan fingerprint density at radius 2 is 1.70 bits per heavy atom. The van der Waals surface area contributed by atoms with Gasteiger partial charge in [-0.25, -0.2) is 0 Å². The van der Waals surface area contributed by atoms with E-state index in [0.717, 1.165) is 30.2 Å². The molecule has 0 aromatic carbocycles. The summed E-state index contributed by atoms with van der Waals surface area (Å²) in [6.07, 6.45) is 5.42. The third-order valence-corrected chi connectivity index (χ3v) is 5.13. The van der Waals surface area contributed by atoms with Crippen LogP contribution < -0.4 is 10.3 Å². The summed E-state index contributed by atoms with van der Waals surface area (Å²) in [5, 5.41) is 0. The largest absolute Gasteiger partial charge is 0.489 e. The summed E-state index contributed by atoms with van der Waals surface area (Å²) >= 11 is 3.41. The zero-order chi connectivity index (χ0) is 16.6. The van der Waals surface area contributed by atoms with Crippen molar-refractivity contribution in [3.63, 3.8) is 0 Å². The topological polar surface area (TPSA) is 68.6 Å². The molecule has 1 saturated carbocycles. The van der Waals surface area contributed by atoms with Gasteiger partial charge in [-0.15, -0.1) is 0 Å². The first kappa shape index (κ1) is 16.2. The summed E-state index contributed by atoms with van der Waals surface area (Å²) in [5.74, 6) is 0.451. The molecule has 0 atom stereocenters. The lowest BCUT2D eigenvalue weighted by atomic mass is 9.92. The Morgan fingerprint density at radius 3 is 2.30 bits per heavy atom. The van der Waals surface area contributed by atoms with Crippen molar-refractivity contribution >= 4 is 27.7 Å². The average molecular weight is 383 g/mol. The molecule has 1 aromatic rings. The molecule has 0 radical (unpaired) electrons. The molecule has 2 heterocycles. The standard InChI is InChI=1S/C16H19BrN2O4/c1-18-9-12(17)13(8-16(18)22)23-11-4-2-10(3-5-11)19-14(20)6-7-15(19)21/h8-11H,2-7H2,1H3/t10-,11-. The number of rotatable bonds is 3. The van der Waals surface area contributed by atoms with Crippen LogP contribution in [0.3, 0.4) is 0 Å². The van der Waals surface area contributed by atoms with Crippen molar-refractivity contribution in [2.75, 3.05) is 0 Å². The molecule has 0 N–H and O–H groups in total. The number of halogens is 1. The van der Waals surface area contributed by atoms with Crippen LogP contribution in [0.25, 0.3) is 0 Å². The molecule has 124 valence electrons. The Morgan fingerprint density at radius 1 is 1.09 bits per heavy atom. The van der Waals surface area contributed by atoms with Gasteiger partial charge >= 0.3 is 0 Å². The van der Waals surface area contributed by atoms with E-state index in [1.54, 1.807) is 13.2 Å². The minimum Gasteiger partial charge on any atom is -0.489 e. The predicted octanol–water partition coefficient (Wildman–Crippen LogP) is 1.99. The zero-order valence-corrected chi connectivity index (χ0v) is 14.5. The third-order valence-electron chi connectivity index (χ3n) is 4.54. The van der Waals surface area contributed by atoms with E-state index >= 15 is 0 Å². The zero-order valence-electron chi connectivity index (χ0n) is 13.0. The molecular weight excluding hydrogens is 364 g/mol. The number of imide groups is 1. The van der Waals surface area contributed by atoms with Crippen LogP contribution in [0.15, 0.2) is 21.5 Å². The third kappa shape index (κ3) is 3.34. The van der Waals surface area contributed by atoms with E-state index in [-0.39, 0.29) is 29.5 Å². The normalized spacial score (nSPS) is 25.0. The molecule has 7 heteroatoms. The Hall–Kier alpha value is -1.63. The number of carbonyl (C=O) groups is 2. The molecule has 0 spiro atoms. The highest BCUT2D eigenvalue weighted by Crippen LogP contribution is 2.31. The number of hydrogen-bond donors (Lipinski definition) is 0. The lowest BCUT2D eigenvalue weighted by Crippen LogP contribution is -2.43. The van der Waals surface area contributed by atoms with Gasteiger partial charge in [0.1, 0.15) is 5.75 Å². The number of hydrogen-bond acceptors (Lipinski definition) is 4. The van der Waals surface area contributed by atoms with Crippen molar-refractivity contribution in [3.8, 4) is 5.75 Å². The van der Waals surface area contributed by atoms with Crippen molar-refractivity contribution in [2.45, 2.75) is 50.7 Å². The maximum Gasteiger partial charge on any atom is 0.254 e. The maximum absolute atomic E-state index is 11.8. The van der Waals surface area contributed by atoms with Crippen LogP contribution in [0.2, 0.25) is 0 Å². The number of carbonyl (C=O) groups excluding carboxylic acids is 2. The fourth-order valence-electron chi connectivity index (χ4n) is 3.27. The molecule has 1 aliphatic heterocycles. The Bertz CT molecular complexity index is 676. The van der Waals surface area contributed by atoms with Gasteiger partial charge in [0.2, 0.25) is 11.8 Å². The Labute approximate surface area is 142 Å². The minimum absolute atomic E-state index is 0.00228. The summed E-state index contributed by atoms with van der Waals surface area (Å²) in [4.78, 5) is 36.8. The first-order valence-electron chi connectivity index (χ1n) is 7.83. The first-order chi connectivity index (χ1) is 11.0. The highest BCUT2D eigenvalue weighted by Gasteiger charge is 2.37. The summed E-state index contributed by atoms with van der Waals surface area (Å²) in [5.41, 5.74) is -0.120. The van der Waals surface area contributed by atoms with Gasteiger partial charge in [-0.1, -0.05) is 0 Å². The SMILES string of the molecule is Cn1cc(Br)c(O[C@H]2CC[C@H](N3C(=O)CCC3=O)CC2)cc1=O. The molecule has 2 fully saturated rings. The number of pyridine rings is 1. The van der Waals surface area contributed by atoms with Crippen molar-refractivity contribution in [1.82, 2.24) is 9.47 Å². The molecule has 1 aromatic heterocycles. The van der Waals surface area contributed by atoms with Gasteiger partial charge in [-0.3, -0.25) is 19.3 Å². The number of amides is 2. The Balaban J connectivity index is 1.61. The van der Waals surface area contributed by atoms with Crippen molar-refractivity contribution in [2.24, 2.45) is 7.05 Å². The van der Waals surface area contributed by atoms with E-state index < -0.39 is 0 Å². The summed E-state index contributed by atoms with van der Waals surface area (Å²) in [6, 6.07) is 1.48. The van der Waals surface area contributed by atoms with Gasteiger partial charge < -0.3 is 9.30 Å². The summed E-state index contributed by atoms with van der Waals surface area (Å²) in [6.45, 7) is 0. The van der Waals surface area contributed by atoms with Crippen LogP contribution in [0.1, 0.15) is 38.5 Å². The van der Waals surface area contributed by atoms with Gasteiger partial charge in [0.25, 0.3) is 5.56 Å². The number of aromatic nitrogens is 1. The van der Waals surface area contributed by atoms with Crippen LogP contribution in [0.5, 0.6) is 5.75 Å². The molecule has 1 aliphatic carbocycles. The van der Waals surface area contributed by atoms with E-state index in [1.807, 2.05) is 0 Å². The van der Waals surface area contributed by atoms with Crippen molar-refractivity contribution < 1.29 is 14.3 Å². The second kappa shape index (κ2) is 6.47. The van der Waals surface area contributed by atoms with Crippen LogP contribution in [-0.2, 0) is 16.6 Å². The molecule has 2 amide bonds. The summed E-state index contributed by atoms with van der Waals surface area (Å²) < 4.78 is 8.16. The molecule has 3 rings (SSSR count). The van der Waals surface area contributed by atoms with Crippen molar-refractivity contribution in [1.29, 1.82) is 0 Å². The Kier molecular flexibility index (Phi) is 4.57. The molecule has 2 aliphatic rings. The smallest absolute Gasteiger partial charge is 0.254 e. The lowest BCUT2D eigenvalue weighted by molar-refractivity contribution is -0.142. The molecular formula is C16H19BrN2O4. The highest BCUT2D eigenvalue weighted by atomic mass is 79.9. The van der Waals surface area contributed by atoms with Crippen LogP contribution in [0, 0.1) is 0 Å². The molecule has 23 heavy (non-hydrogen) atoms. The molecule has 0 unspecified atom stereocenters. The van der Waals surface area contributed by atoms with Gasteiger partial charge in [-0.05, 0) is 41.6 Å². The van der Waals surface area contributed by atoms with Crippen LogP contribution >= 0.6 is 15.9 Å². The molecule has 0 bridgehead atoms. The van der Waals surface area contributed by atoms with Crippen LogP contribution in [-0.4, -0.2) is 33.4 Å². The predicted molar refractivity (Wildman–Crippen MR) is 87.1 cm³/mol. The van der Waals surface area contributed by atoms with E-state index in [1.165, 1.54) is 15.5 Å². The first-order valence-corrected chi connectivity index (χ1v) is 8.62. The number of likely N-dealkylation sites (tertiary alicyclic amines) is 1. The summed E-state index contributed by atoms with van der Waals surface area (Å²) in [7, 11) is 1.69. The van der Waals surface area contributed by atoms with E-state index in [0.29, 0.717) is 18.6 Å². The minimum atomic E-state index is -0.120. The number of ether oxygens (including phenoxy) is 1. The second-order valence-corrected chi connectivity index (χ2v) is 6.99. The van der Waals surface area contributed by atoms with Crippen LogP contribution in [0.4, 0.5) is 0 Å². The fourth-order valence-corrected chi connectivity index (χ4v) is 3.79. The monoisotopic (exact) mass is 382 g/mol. The quantitative estimate of drug-likeness (QED) is 0.749. The molecule has 6 nitrogen and oxygen atoms in total. The van der Waals surface area contributed by atoms with E-state index in [2.05, 4.69) is 15.9 Å². The van der Waals surface area contributed by atoms with E-state index in [9.17, 15) is 14.4 Å². The lowest BCUT2D eigenvalue weighted by Gasteiger charge is -2.33. The van der Waals surface area contributed by atoms with Gasteiger partial charge in [0, 0.05) is 38.2 Å². The van der Waals surface area contributed by atoms with E-state index in [4.69, 9.17) is 4.74 Å². The maximum atomic E-state index is 11.8. The van der Waals surface area contributed by atoms with Gasteiger partial charge in [0.15, 0.2) is 0 Å². The van der Waals surface area contributed by atoms with Gasteiger partial charge in [-0.2, -0.15) is 0 Å². The molecule has 1 saturated heterocycles. The van der Waals surface area contributed by atoms with Gasteiger partial charge in [0.05, 0.1) is 10.6 Å². The fraction of sp³-hybridized carbons (Fsp3) is 0.562. The number of nitrogens with zero attached hydrogens (tertiary/aromatic N) is 2.